The quantitative estimate of drug-likeness (QED) is 0.341. The van der Waals surface area contributed by atoms with E-state index in [1.807, 2.05) is 49.4 Å². The molecule has 2 unspecified atom stereocenters. The number of rotatable bonds is 6. The number of fused-ring (bicyclic) bond motifs is 1. The molecule has 33 heavy (non-hydrogen) atoms. The first-order chi connectivity index (χ1) is 15.7. The molecule has 1 fully saturated rings. The number of carbonyl (C=O) groups excluding carboxylic acids is 3. The Kier molecular flexibility index (Phi) is 5.55. The monoisotopic (exact) mass is 446 g/mol. The predicted molar refractivity (Wildman–Crippen MR) is 121 cm³/mol. The van der Waals surface area contributed by atoms with Crippen molar-refractivity contribution in [3.8, 4) is 0 Å². The van der Waals surface area contributed by atoms with E-state index in [0.717, 1.165) is 21.2 Å². The first kappa shape index (κ1) is 21.9. The number of carbonyl (C=O) groups is 3. The van der Waals surface area contributed by atoms with Gasteiger partial charge in [-0.15, -0.1) is 0 Å². The molecule has 1 aliphatic rings. The molecule has 2 atom stereocenters. The summed E-state index contributed by atoms with van der Waals surface area (Å²) >= 11 is 0. The molecule has 0 saturated carbocycles. The van der Waals surface area contributed by atoms with Crippen LogP contribution < -0.4 is 10.6 Å². The summed E-state index contributed by atoms with van der Waals surface area (Å²) in [7, 11) is 0. The Morgan fingerprint density at radius 1 is 1.09 bits per heavy atom. The Morgan fingerprint density at radius 2 is 1.76 bits per heavy atom. The van der Waals surface area contributed by atoms with Gasteiger partial charge < -0.3 is 10.6 Å². The fourth-order valence-electron chi connectivity index (χ4n) is 3.94. The maximum absolute atomic E-state index is 13.0. The second-order valence-corrected chi connectivity index (χ2v) is 8.15. The number of nitrogens with one attached hydrogen (secondary N) is 2. The SMILES string of the molecule is CC(NC(=O)CN1C(=O)NC(C)(c2ccc([N+](=O)[O-])cc2)C1=O)c1ccc2ccccc2c1. The second kappa shape index (κ2) is 8.34. The molecule has 0 aliphatic carbocycles. The average molecular weight is 446 g/mol. The number of imide groups is 1. The van der Waals surface area contributed by atoms with Gasteiger partial charge in [-0.3, -0.25) is 24.6 Å². The van der Waals surface area contributed by atoms with Crippen LogP contribution in [-0.4, -0.2) is 34.2 Å². The molecule has 2 N–H and O–H groups in total. The van der Waals surface area contributed by atoms with E-state index in [1.54, 1.807) is 0 Å². The lowest BCUT2D eigenvalue weighted by Gasteiger charge is -2.22. The fraction of sp³-hybridized carbons (Fsp3) is 0.208. The number of nitro groups is 1. The van der Waals surface area contributed by atoms with Gasteiger partial charge in [-0.05, 0) is 53.9 Å². The summed E-state index contributed by atoms with van der Waals surface area (Å²) in [5.74, 6) is -1.08. The van der Waals surface area contributed by atoms with Crippen LogP contribution in [0.5, 0.6) is 0 Å². The number of amides is 4. The number of hydrogen-bond donors (Lipinski definition) is 2. The Hall–Kier alpha value is -4.27. The van der Waals surface area contributed by atoms with Crippen LogP contribution in [0.1, 0.15) is 31.0 Å². The first-order valence-corrected chi connectivity index (χ1v) is 10.4. The molecule has 0 bridgehead atoms. The van der Waals surface area contributed by atoms with Crippen LogP contribution in [0.15, 0.2) is 66.7 Å². The van der Waals surface area contributed by atoms with Crippen molar-refractivity contribution in [3.05, 3.63) is 88.0 Å². The van der Waals surface area contributed by atoms with Gasteiger partial charge in [-0.2, -0.15) is 0 Å². The van der Waals surface area contributed by atoms with Gasteiger partial charge in [0.1, 0.15) is 12.1 Å². The average Bonchev–Trinajstić information content (AvgIpc) is 3.02. The molecule has 9 heteroatoms. The van der Waals surface area contributed by atoms with Crippen molar-refractivity contribution in [2.75, 3.05) is 6.54 Å². The normalized spacial score (nSPS) is 18.8. The highest BCUT2D eigenvalue weighted by atomic mass is 16.6. The molecule has 0 radical (unpaired) electrons. The van der Waals surface area contributed by atoms with E-state index in [0.29, 0.717) is 5.56 Å². The topological polar surface area (TPSA) is 122 Å². The lowest BCUT2D eigenvalue weighted by Crippen LogP contribution is -2.43. The molecular weight excluding hydrogens is 424 g/mol. The fourth-order valence-corrected chi connectivity index (χ4v) is 3.94. The smallest absolute Gasteiger partial charge is 0.325 e. The summed E-state index contributed by atoms with van der Waals surface area (Å²) in [5, 5.41) is 18.4. The Balaban J connectivity index is 1.45. The predicted octanol–water partition coefficient (Wildman–Crippen LogP) is 3.39. The van der Waals surface area contributed by atoms with Crippen LogP contribution in [0.3, 0.4) is 0 Å². The van der Waals surface area contributed by atoms with Gasteiger partial charge in [0.05, 0.1) is 11.0 Å². The zero-order valence-corrected chi connectivity index (χ0v) is 18.1. The zero-order chi connectivity index (χ0) is 23.8. The molecule has 168 valence electrons. The maximum Gasteiger partial charge on any atom is 0.325 e. The number of nitro benzene ring substituents is 1. The van der Waals surface area contributed by atoms with Crippen molar-refractivity contribution in [2.24, 2.45) is 0 Å². The van der Waals surface area contributed by atoms with E-state index in [1.165, 1.54) is 31.2 Å². The minimum absolute atomic E-state index is 0.127. The van der Waals surface area contributed by atoms with Crippen molar-refractivity contribution < 1.29 is 19.3 Å². The van der Waals surface area contributed by atoms with Gasteiger partial charge in [-0.1, -0.05) is 36.4 Å². The number of benzene rings is 3. The lowest BCUT2D eigenvalue weighted by molar-refractivity contribution is -0.384. The zero-order valence-electron chi connectivity index (χ0n) is 18.1. The van der Waals surface area contributed by atoms with Crippen LogP contribution in [0.25, 0.3) is 10.8 Å². The van der Waals surface area contributed by atoms with E-state index < -0.39 is 34.9 Å². The highest BCUT2D eigenvalue weighted by molar-refractivity contribution is 6.09. The molecule has 1 aliphatic heterocycles. The summed E-state index contributed by atoms with van der Waals surface area (Å²) in [4.78, 5) is 49.3. The van der Waals surface area contributed by atoms with Gasteiger partial charge in [0, 0.05) is 12.1 Å². The Bertz CT molecular complexity index is 1270. The van der Waals surface area contributed by atoms with E-state index in [4.69, 9.17) is 0 Å². The molecule has 0 aromatic heterocycles. The number of non-ortho nitro benzene ring substituents is 1. The first-order valence-electron chi connectivity index (χ1n) is 10.4. The van der Waals surface area contributed by atoms with Crippen molar-refractivity contribution in [1.82, 2.24) is 15.5 Å². The summed E-state index contributed by atoms with van der Waals surface area (Å²) in [6.45, 7) is 2.89. The van der Waals surface area contributed by atoms with E-state index in [9.17, 15) is 24.5 Å². The third-order valence-corrected chi connectivity index (χ3v) is 5.88. The summed E-state index contributed by atoms with van der Waals surface area (Å²) in [5.41, 5.74) is -0.261. The highest BCUT2D eigenvalue weighted by Gasteiger charge is 2.49. The van der Waals surface area contributed by atoms with E-state index >= 15 is 0 Å². The highest BCUT2D eigenvalue weighted by Crippen LogP contribution is 2.30. The van der Waals surface area contributed by atoms with Gasteiger partial charge in [0.2, 0.25) is 5.91 Å². The van der Waals surface area contributed by atoms with Crippen molar-refractivity contribution in [2.45, 2.75) is 25.4 Å². The van der Waals surface area contributed by atoms with Crippen molar-refractivity contribution in [3.63, 3.8) is 0 Å². The van der Waals surface area contributed by atoms with Gasteiger partial charge in [0.15, 0.2) is 0 Å². The second-order valence-electron chi connectivity index (χ2n) is 8.15. The minimum atomic E-state index is -1.42. The number of urea groups is 1. The van der Waals surface area contributed by atoms with Gasteiger partial charge in [0.25, 0.3) is 11.6 Å². The maximum atomic E-state index is 13.0. The van der Waals surface area contributed by atoms with Crippen LogP contribution in [-0.2, 0) is 15.1 Å². The van der Waals surface area contributed by atoms with Crippen molar-refractivity contribution >= 4 is 34.3 Å². The third-order valence-electron chi connectivity index (χ3n) is 5.88. The summed E-state index contributed by atoms with van der Waals surface area (Å²) in [6, 6.07) is 18.1. The Labute approximate surface area is 189 Å². The largest absolute Gasteiger partial charge is 0.348 e. The Morgan fingerprint density at radius 3 is 2.42 bits per heavy atom. The molecule has 9 nitrogen and oxygen atoms in total. The van der Waals surface area contributed by atoms with Crippen LogP contribution in [0.4, 0.5) is 10.5 Å². The van der Waals surface area contributed by atoms with Crippen LogP contribution >= 0.6 is 0 Å². The molecule has 3 aromatic carbocycles. The number of hydrogen-bond acceptors (Lipinski definition) is 5. The molecule has 4 amide bonds. The molecule has 0 spiro atoms. The molecule has 1 heterocycles. The van der Waals surface area contributed by atoms with E-state index in [-0.39, 0.29) is 11.7 Å². The molecular formula is C24H22N4O5. The van der Waals surface area contributed by atoms with Gasteiger partial charge in [-0.25, -0.2) is 4.79 Å². The minimum Gasteiger partial charge on any atom is -0.348 e. The van der Waals surface area contributed by atoms with Crippen LogP contribution in [0, 0.1) is 10.1 Å². The van der Waals surface area contributed by atoms with Gasteiger partial charge >= 0.3 is 6.03 Å². The summed E-state index contributed by atoms with van der Waals surface area (Å²) in [6.07, 6.45) is 0. The summed E-state index contributed by atoms with van der Waals surface area (Å²) < 4.78 is 0. The molecule has 4 rings (SSSR count). The molecule has 1 saturated heterocycles. The van der Waals surface area contributed by atoms with Crippen LogP contribution in [0.2, 0.25) is 0 Å². The molecule has 3 aromatic rings. The number of nitrogens with zero attached hydrogens (tertiary/aromatic N) is 2. The third kappa shape index (κ3) is 4.12. The lowest BCUT2D eigenvalue weighted by atomic mass is 9.92. The van der Waals surface area contributed by atoms with Crippen molar-refractivity contribution in [1.29, 1.82) is 0 Å². The standard InChI is InChI=1S/C24H22N4O5/c1-15(17-8-7-16-5-3-4-6-18(16)13-17)25-21(29)14-27-22(30)24(2,26-23(27)31)19-9-11-20(12-10-19)28(32)33/h3-13,15H,14H2,1-2H3,(H,25,29)(H,26,31). The van der Waals surface area contributed by atoms with E-state index in [2.05, 4.69) is 10.6 Å².